The molecule has 0 unspecified atom stereocenters. The molecule has 5 nitrogen and oxygen atoms in total. The number of hydrogen-bond acceptors (Lipinski definition) is 3. The highest BCUT2D eigenvalue weighted by Crippen LogP contribution is 2.29. The number of unbranched alkanes of at least 4 members (excludes halogenated alkanes) is 1. The summed E-state index contributed by atoms with van der Waals surface area (Å²) in [5.74, 6) is -0.832. The van der Waals surface area contributed by atoms with Gasteiger partial charge in [-0.05, 0) is 60.4 Å². The fraction of sp³-hybridized carbons (Fsp3) is 0.259. The van der Waals surface area contributed by atoms with Gasteiger partial charge in [-0.3, -0.25) is 9.69 Å². The highest BCUT2D eigenvalue weighted by atomic mass is 32.2. The van der Waals surface area contributed by atoms with Crippen LogP contribution in [0.1, 0.15) is 30.9 Å². The third-order valence-corrected chi connectivity index (χ3v) is 6.20. The highest BCUT2D eigenvalue weighted by molar-refractivity contribution is 7.99. The van der Waals surface area contributed by atoms with Crippen molar-refractivity contribution in [2.45, 2.75) is 42.4 Å². The van der Waals surface area contributed by atoms with E-state index in [1.807, 2.05) is 66.7 Å². The SMILES string of the molecule is CCCCNC(=O)N(CCc1ccccc1)c1ccc(Sc2ccc(CC(=O)O)cc2)cc1. The maximum atomic E-state index is 12.9. The molecule has 3 aromatic carbocycles. The number of carboxylic acids is 1. The van der Waals surface area contributed by atoms with Gasteiger partial charge < -0.3 is 10.4 Å². The number of rotatable bonds is 11. The zero-order chi connectivity index (χ0) is 23.5. The number of carboxylic acid groups (broad SMARTS) is 1. The summed E-state index contributed by atoms with van der Waals surface area (Å²) in [6.45, 7) is 3.37. The van der Waals surface area contributed by atoms with Gasteiger partial charge in [0.1, 0.15) is 0 Å². The molecule has 0 atom stereocenters. The van der Waals surface area contributed by atoms with Crippen molar-refractivity contribution < 1.29 is 14.7 Å². The molecule has 0 bridgehead atoms. The Labute approximate surface area is 199 Å². The number of aliphatic carboxylic acids is 1. The summed E-state index contributed by atoms with van der Waals surface area (Å²) in [6.07, 6.45) is 2.80. The van der Waals surface area contributed by atoms with Crippen molar-refractivity contribution in [3.63, 3.8) is 0 Å². The molecule has 3 aromatic rings. The molecule has 2 amide bonds. The summed E-state index contributed by atoms with van der Waals surface area (Å²) in [5, 5.41) is 11.9. The van der Waals surface area contributed by atoms with E-state index in [-0.39, 0.29) is 12.5 Å². The van der Waals surface area contributed by atoms with Crippen LogP contribution >= 0.6 is 11.8 Å². The van der Waals surface area contributed by atoms with Crippen LogP contribution in [-0.2, 0) is 17.6 Å². The number of hydrogen-bond donors (Lipinski definition) is 2. The standard InChI is InChI=1S/C27H30N2O3S/c1-2-3-18-28-27(32)29(19-17-21-7-5-4-6-8-21)23-11-15-25(16-12-23)33-24-13-9-22(10-14-24)20-26(30)31/h4-16H,2-3,17-20H2,1H3,(H,28,32)(H,30,31). The second-order valence-corrected chi connectivity index (χ2v) is 8.93. The molecule has 0 aliphatic rings. The first-order chi connectivity index (χ1) is 16.0. The number of nitrogens with one attached hydrogen (secondary N) is 1. The van der Waals surface area contributed by atoms with E-state index in [0.717, 1.165) is 40.3 Å². The van der Waals surface area contributed by atoms with Gasteiger partial charge in [-0.25, -0.2) is 4.79 Å². The Morgan fingerprint density at radius 1 is 0.879 bits per heavy atom. The van der Waals surface area contributed by atoms with Crippen molar-refractivity contribution in [3.8, 4) is 0 Å². The number of anilines is 1. The van der Waals surface area contributed by atoms with Crippen molar-refractivity contribution in [2.75, 3.05) is 18.0 Å². The molecule has 0 aliphatic carbocycles. The van der Waals surface area contributed by atoms with E-state index in [0.29, 0.717) is 13.1 Å². The van der Waals surface area contributed by atoms with E-state index in [2.05, 4.69) is 24.4 Å². The number of nitrogens with zero attached hydrogens (tertiary/aromatic N) is 1. The largest absolute Gasteiger partial charge is 0.481 e. The van der Waals surface area contributed by atoms with E-state index in [4.69, 9.17) is 5.11 Å². The van der Waals surface area contributed by atoms with E-state index < -0.39 is 5.97 Å². The smallest absolute Gasteiger partial charge is 0.321 e. The zero-order valence-corrected chi connectivity index (χ0v) is 19.7. The van der Waals surface area contributed by atoms with Crippen LogP contribution in [0.2, 0.25) is 0 Å². The van der Waals surface area contributed by atoms with Crippen LogP contribution in [0.4, 0.5) is 10.5 Å². The fourth-order valence-electron chi connectivity index (χ4n) is 3.38. The molecule has 0 fully saturated rings. The second-order valence-electron chi connectivity index (χ2n) is 7.78. The van der Waals surface area contributed by atoms with Crippen LogP contribution in [0.15, 0.2) is 88.7 Å². The maximum Gasteiger partial charge on any atom is 0.321 e. The molecular weight excluding hydrogens is 432 g/mol. The molecule has 0 aliphatic heterocycles. The molecule has 2 N–H and O–H groups in total. The van der Waals surface area contributed by atoms with Gasteiger partial charge in [0.25, 0.3) is 0 Å². The Balaban J connectivity index is 1.68. The predicted molar refractivity (Wildman–Crippen MR) is 134 cm³/mol. The minimum atomic E-state index is -0.832. The van der Waals surface area contributed by atoms with Crippen molar-refractivity contribution in [1.29, 1.82) is 0 Å². The van der Waals surface area contributed by atoms with Crippen molar-refractivity contribution in [2.24, 2.45) is 0 Å². The summed E-state index contributed by atoms with van der Waals surface area (Å²) >= 11 is 1.60. The van der Waals surface area contributed by atoms with Gasteiger partial charge >= 0.3 is 12.0 Å². The molecule has 6 heteroatoms. The third kappa shape index (κ3) is 7.99. The Hall–Kier alpha value is -3.25. The van der Waals surface area contributed by atoms with Crippen LogP contribution < -0.4 is 10.2 Å². The van der Waals surface area contributed by atoms with Crippen molar-refractivity contribution >= 4 is 29.4 Å². The Morgan fingerprint density at radius 2 is 1.52 bits per heavy atom. The summed E-state index contributed by atoms with van der Waals surface area (Å²) in [5.41, 5.74) is 2.84. The van der Waals surface area contributed by atoms with Gasteiger partial charge in [0.15, 0.2) is 0 Å². The minimum Gasteiger partial charge on any atom is -0.481 e. The molecule has 3 rings (SSSR count). The predicted octanol–water partition coefficient (Wildman–Crippen LogP) is 6.02. The van der Waals surface area contributed by atoms with Crippen LogP contribution in [0, 0.1) is 0 Å². The first-order valence-corrected chi connectivity index (χ1v) is 12.0. The zero-order valence-electron chi connectivity index (χ0n) is 18.9. The van der Waals surface area contributed by atoms with Crippen LogP contribution in [-0.4, -0.2) is 30.2 Å². The van der Waals surface area contributed by atoms with E-state index in [9.17, 15) is 9.59 Å². The van der Waals surface area contributed by atoms with Crippen molar-refractivity contribution in [3.05, 3.63) is 90.0 Å². The van der Waals surface area contributed by atoms with Gasteiger partial charge in [-0.15, -0.1) is 0 Å². The van der Waals surface area contributed by atoms with Crippen LogP contribution in [0.5, 0.6) is 0 Å². The lowest BCUT2D eigenvalue weighted by Crippen LogP contribution is -2.41. The summed E-state index contributed by atoms with van der Waals surface area (Å²) in [6, 6.07) is 25.6. The second kappa shape index (κ2) is 12.7. The topological polar surface area (TPSA) is 69.6 Å². The molecule has 0 heterocycles. The summed E-state index contributed by atoms with van der Waals surface area (Å²) in [7, 11) is 0. The number of urea groups is 1. The fourth-order valence-corrected chi connectivity index (χ4v) is 4.20. The third-order valence-electron chi connectivity index (χ3n) is 5.18. The van der Waals surface area contributed by atoms with Crippen LogP contribution in [0.25, 0.3) is 0 Å². The average molecular weight is 463 g/mol. The monoisotopic (exact) mass is 462 g/mol. The highest BCUT2D eigenvalue weighted by Gasteiger charge is 2.15. The van der Waals surface area contributed by atoms with Gasteiger partial charge in [0, 0.05) is 28.6 Å². The van der Waals surface area contributed by atoms with E-state index in [1.54, 1.807) is 16.7 Å². The minimum absolute atomic E-state index is 0.0266. The van der Waals surface area contributed by atoms with Gasteiger partial charge in [0.2, 0.25) is 0 Å². The number of amides is 2. The van der Waals surface area contributed by atoms with E-state index >= 15 is 0 Å². The molecule has 172 valence electrons. The molecule has 0 saturated carbocycles. The summed E-state index contributed by atoms with van der Waals surface area (Å²) in [4.78, 5) is 27.6. The van der Waals surface area contributed by atoms with Crippen molar-refractivity contribution in [1.82, 2.24) is 5.32 Å². The normalized spacial score (nSPS) is 10.6. The quantitative estimate of drug-likeness (QED) is 0.342. The maximum absolute atomic E-state index is 12.9. The molecular formula is C27H30N2O3S. The molecule has 0 aromatic heterocycles. The summed E-state index contributed by atoms with van der Waals surface area (Å²) < 4.78 is 0. The lowest BCUT2D eigenvalue weighted by molar-refractivity contribution is -0.136. The number of benzene rings is 3. The van der Waals surface area contributed by atoms with Gasteiger partial charge in [-0.2, -0.15) is 0 Å². The van der Waals surface area contributed by atoms with E-state index in [1.165, 1.54) is 5.56 Å². The molecule has 0 saturated heterocycles. The molecule has 0 radical (unpaired) electrons. The average Bonchev–Trinajstić information content (AvgIpc) is 2.82. The Bertz CT molecular complexity index is 1020. The first kappa shape index (κ1) is 24.4. The molecule has 33 heavy (non-hydrogen) atoms. The first-order valence-electron chi connectivity index (χ1n) is 11.2. The lowest BCUT2D eigenvalue weighted by Gasteiger charge is -2.23. The number of carbonyl (C=O) groups is 2. The van der Waals surface area contributed by atoms with Gasteiger partial charge in [0.05, 0.1) is 6.42 Å². The Kier molecular flexibility index (Phi) is 9.39. The molecule has 0 spiro atoms. The van der Waals surface area contributed by atoms with Gasteiger partial charge in [-0.1, -0.05) is 67.6 Å². The Morgan fingerprint density at radius 3 is 2.12 bits per heavy atom. The van der Waals surface area contributed by atoms with Crippen LogP contribution in [0.3, 0.4) is 0 Å². The lowest BCUT2D eigenvalue weighted by atomic mass is 10.1. The number of carbonyl (C=O) groups excluding carboxylic acids is 1.